The molecule has 0 rings (SSSR count). The van der Waals surface area contributed by atoms with Gasteiger partial charge >= 0.3 is 48.2 Å². The predicted octanol–water partition coefficient (Wildman–Crippen LogP) is -1.31. The summed E-state index contributed by atoms with van der Waals surface area (Å²) in [6, 6.07) is 0. The van der Waals surface area contributed by atoms with Crippen LogP contribution >= 0.6 is 0 Å². The third kappa shape index (κ3) is 9.13. The zero-order valence-corrected chi connectivity index (χ0v) is 8.77. The van der Waals surface area contributed by atoms with Crippen molar-refractivity contribution in [3.8, 4) is 0 Å². The first kappa shape index (κ1) is 16.9. The van der Waals surface area contributed by atoms with Crippen LogP contribution in [0, 0.1) is 0 Å². The van der Waals surface area contributed by atoms with Gasteiger partial charge in [-0.1, -0.05) is 0 Å². The van der Waals surface area contributed by atoms with Gasteiger partial charge in [0, 0.05) is 17.1 Å². The molecule has 0 aliphatic rings. The SMILES string of the molecule is [Mn].[O]=[Ti].[SbH3]. The Labute approximate surface area is 64.6 Å². The molecule has 0 aliphatic carbocycles. The van der Waals surface area contributed by atoms with Crippen molar-refractivity contribution < 1.29 is 40.8 Å². The molecule has 1 radical (unpaired) electrons. The van der Waals surface area contributed by atoms with Gasteiger partial charge < -0.3 is 0 Å². The molecule has 0 amide bonds. The van der Waals surface area contributed by atoms with E-state index in [1.165, 1.54) is 0 Å². The van der Waals surface area contributed by atoms with E-state index in [0.29, 0.717) is 0 Å². The Hall–Kier alpha value is 1.85. The molecule has 25 valence electrons. The van der Waals surface area contributed by atoms with E-state index in [9.17, 15) is 0 Å². The van der Waals surface area contributed by atoms with Gasteiger partial charge in [0.2, 0.25) is 0 Å². The fourth-order valence-corrected chi connectivity index (χ4v) is 0. The van der Waals surface area contributed by atoms with Crippen molar-refractivity contribution >= 4 is 24.4 Å². The Morgan fingerprint density at radius 1 is 1.25 bits per heavy atom. The maximum atomic E-state index is 8.25. The summed E-state index contributed by atoms with van der Waals surface area (Å²) in [6.45, 7) is 0. The molecule has 1 nitrogen and oxygen atoms in total. The Bertz CT molecular complexity index is 8.00. The Morgan fingerprint density at radius 2 is 1.25 bits per heavy atom. The molecule has 0 unspecified atom stereocenters. The van der Waals surface area contributed by atoms with Crippen molar-refractivity contribution in [1.29, 1.82) is 0 Å². The summed E-state index contributed by atoms with van der Waals surface area (Å²) >= 11 is 0.750. The van der Waals surface area contributed by atoms with Gasteiger partial charge in [0.1, 0.15) is 0 Å². The van der Waals surface area contributed by atoms with Gasteiger partial charge in [-0.2, -0.15) is 0 Å². The molecule has 0 aromatic rings. The minimum atomic E-state index is 0. The van der Waals surface area contributed by atoms with E-state index in [2.05, 4.69) is 0 Å². The van der Waals surface area contributed by atoms with Crippen molar-refractivity contribution in [1.82, 2.24) is 0 Å². The fraction of sp³-hybridized carbons (Fsp3) is 0. The van der Waals surface area contributed by atoms with Crippen molar-refractivity contribution in [2.75, 3.05) is 0 Å². The average Bonchev–Trinajstić information content (AvgIpc) is 1.00. The quantitative estimate of drug-likeness (QED) is 0.483. The van der Waals surface area contributed by atoms with Gasteiger partial charge in [-0.25, -0.2) is 0 Å². The van der Waals surface area contributed by atoms with Crippen molar-refractivity contribution in [2.24, 2.45) is 0 Å². The zero-order valence-electron chi connectivity index (χ0n) is 1.99. The van der Waals surface area contributed by atoms with E-state index in [0.717, 1.165) is 20.4 Å². The first-order valence-electron chi connectivity index (χ1n) is 0.204. The molecule has 4 heteroatoms. The molecule has 0 aromatic carbocycles. The first-order valence-corrected chi connectivity index (χ1v) is 0.842. The molecule has 0 aliphatic heterocycles. The molecule has 0 saturated heterocycles. The molecular weight excluding hydrogens is 241 g/mol. The van der Waals surface area contributed by atoms with E-state index in [1.807, 2.05) is 0 Å². The van der Waals surface area contributed by atoms with Crippen LogP contribution in [-0.2, 0) is 40.8 Å². The van der Waals surface area contributed by atoms with Crippen LogP contribution in [-0.4, -0.2) is 24.4 Å². The standard InChI is InChI=1S/Mn.O.Sb.Ti.3H. The number of hydrogen-bond donors (Lipinski definition) is 0. The van der Waals surface area contributed by atoms with Crippen LogP contribution in [0.3, 0.4) is 0 Å². The van der Waals surface area contributed by atoms with Gasteiger partial charge in [-0.3, -0.25) is 0 Å². The third-order valence-corrected chi connectivity index (χ3v) is 0. The molecule has 0 bridgehead atoms. The van der Waals surface area contributed by atoms with Crippen LogP contribution in [0.4, 0.5) is 0 Å². The number of rotatable bonds is 0. The maximum absolute atomic E-state index is 8.25. The molecule has 0 N–H and O–H groups in total. The predicted molar refractivity (Wildman–Crippen MR) is 10.6 cm³/mol. The average molecular weight is 244 g/mol. The van der Waals surface area contributed by atoms with E-state index >= 15 is 0 Å². The summed E-state index contributed by atoms with van der Waals surface area (Å²) in [4.78, 5) is 0. The van der Waals surface area contributed by atoms with Crippen LogP contribution in [0.2, 0.25) is 0 Å². The second kappa shape index (κ2) is 21.0. The van der Waals surface area contributed by atoms with E-state index < -0.39 is 0 Å². The Morgan fingerprint density at radius 3 is 1.25 bits per heavy atom. The summed E-state index contributed by atoms with van der Waals surface area (Å²) in [7, 11) is 0. The van der Waals surface area contributed by atoms with E-state index in [-0.39, 0.29) is 41.5 Å². The second-order valence-corrected chi connectivity index (χ2v) is 0. The summed E-state index contributed by atoms with van der Waals surface area (Å²) in [6.07, 6.45) is 0. The normalized spacial score (nSPS) is 0.750. The van der Waals surface area contributed by atoms with Gasteiger partial charge in [0.25, 0.3) is 0 Å². The molecule has 0 atom stereocenters. The van der Waals surface area contributed by atoms with E-state index in [4.69, 9.17) is 3.32 Å². The zero-order chi connectivity index (χ0) is 2.00. The summed E-state index contributed by atoms with van der Waals surface area (Å²) in [5, 5.41) is 0. The molecule has 0 aromatic heterocycles. The van der Waals surface area contributed by atoms with Crippen LogP contribution in [0.1, 0.15) is 0 Å². The molecule has 4 heavy (non-hydrogen) atoms. The third-order valence-electron chi connectivity index (χ3n) is 0. The van der Waals surface area contributed by atoms with E-state index in [1.54, 1.807) is 0 Å². The summed E-state index contributed by atoms with van der Waals surface area (Å²) in [5.74, 6) is 0. The van der Waals surface area contributed by atoms with Gasteiger partial charge in [-0.15, -0.1) is 0 Å². The van der Waals surface area contributed by atoms with Gasteiger partial charge in [0.15, 0.2) is 0 Å². The van der Waals surface area contributed by atoms with Crippen LogP contribution < -0.4 is 0 Å². The van der Waals surface area contributed by atoms with Crippen molar-refractivity contribution in [2.45, 2.75) is 0 Å². The van der Waals surface area contributed by atoms with Crippen LogP contribution in [0.25, 0.3) is 0 Å². The topological polar surface area (TPSA) is 17.1 Å². The van der Waals surface area contributed by atoms with Crippen molar-refractivity contribution in [3.63, 3.8) is 0 Å². The van der Waals surface area contributed by atoms with Gasteiger partial charge in [0.05, 0.1) is 0 Å². The summed E-state index contributed by atoms with van der Waals surface area (Å²) in [5.41, 5.74) is 0. The van der Waals surface area contributed by atoms with Crippen LogP contribution in [0.5, 0.6) is 0 Å². The second-order valence-electron chi connectivity index (χ2n) is 0. The molecular formula is H3MnOSbTi. The first-order chi connectivity index (χ1) is 1.00. The van der Waals surface area contributed by atoms with Crippen LogP contribution in [0.15, 0.2) is 0 Å². The molecule has 0 fully saturated rings. The number of hydrogen-bond acceptors (Lipinski definition) is 1. The van der Waals surface area contributed by atoms with Gasteiger partial charge in [-0.05, 0) is 0 Å². The van der Waals surface area contributed by atoms with Crippen molar-refractivity contribution in [3.05, 3.63) is 0 Å². The Balaban J connectivity index is -0.00000000500. The summed E-state index contributed by atoms with van der Waals surface area (Å²) < 4.78 is 8.25. The molecule has 0 saturated carbocycles. The fourth-order valence-electron chi connectivity index (χ4n) is 0. The monoisotopic (exact) mass is 243 g/mol. The molecule has 0 spiro atoms. The molecule has 0 heterocycles. The Kier molecular flexibility index (Phi) is 88.9. The minimum absolute atomic E-state index is 0.